The number of nitrogens with zero attached hydrogens (tertiary/aromatic N) is 6. The molecule has 7 heteroatoms. The van der Waals surface area contributed by atoms with Gasteiger partial charge >= 0.3 is 0 Å². The van der Waals surface area contributed by atoms with E-state index in [1.54, 1.807) is 17.9 Å². The van der Waals surface area contributed by atoms with E-state index in [1.807, 2.05) is 7.05 Å². The van der Waals surface area contributed by atoms with Crippen LogP contribution in [0.1, 0.15) is 11.7 Å². The molecule has 16 heavy (non-hydrogen) atoms. The van der Waals surface area contributed by atoms with Crippen LogP contribution in [0.3, 0.4) is 0 Å². The Bertz CT molecular complexity index is 423. The lowest BCUT2D eigenvalue weighted by Crippen LogP contribution is -2.23. The summed E-state index contributed by atoms with van der Waals surface area (Å²) in [7, 11) is 2.00. The molecule has 0 saturated heterocycles. The van der Waals surface area contributed by atoms with Gasteiger partial charge in [0.15, 0.2) is 5.82 Å². The van der Waals surface area contributed by atoms with E-state index in [2.05, 4.69) is 25.1 Å². The van der Waals surface area contributed by atoms with Gasteiger partial charge in [-0.3, -0.25) is 9.58 Å². The van der Waals surface area contributed by atoms with E-state index in [0.29, 0.717) is 18.3 Å². The molecule has 2 heterocycles. The number of likely N-dealkylation sites (N-methyl/N-ethyl adjacent to an activating group) is 1. The lowest BCUT2D eigenvalue weighted by molar-refractivity contribution is 0.290. The van der Waals surface area contributed by atoms with Crippen LogP contribution >= 0.6 is 0 Å². The molecule has 0 spiro atoms. The summed E-state index contributed by atoms with van der Waals surface area (Å²) in [5.74, 6) is 1.30. The molecule has 0 amide bonds. The smallest absolute Gasteiger partial charge is 0.223 e. The summed E-state index contributed by atoms with van der Waals surface area (Å²) in [6.45, 7) is 4.11. The quantitative estimate of drug-likeness (QED) is 0.714. The first-order valence-corrected chi connectivity index (χ1v) is 5.04. The first-order chi connectivity index (χ1) is 7.74. The Hall–Kier alpha value is -1.76. The van der Waals surface area contributed by atoms with E-state index in [0.717, 1.165) is 13.1 Å². The summed E-state index contributed by atoms with van der Waals surface area (Å²) >= 11 is 0. The predicted octanol–water partition coefficient (Wildman–Crippen LogP) is 0.102. The molecule has 2 aromatic heterocycles. The van der Waals surface area contributed by atoms with E-state index < -0.39 is 0 Å². The van der Waals surface area contributed by atoms with Crippen LogP contribution in [-0.2, 0) is 13.1 Å². The van der Waals surface area contributed by atoms with Gasteiger partial charge in [-0.25, -0.2) is 4.98 Å². The average Bonchev–Trinajstić information content (AvgIpc) is 2.87. The Balaban J connectivity index is 1.78. The molecular formula is C9H14N6O. The van der Waals surface area contributed by atoms with Gasteiger partial charge in [0.05, 0.1) is 13.1 Å². The number of aromatic nitrogens is 5. The zero-order chi connectivity index (χ0) is 11.4. The van der Waals surface area contributed by atoms with Crippen molar-refractivity contribution >= 4 is 0 Å². The van der Waals surface area contributed by atoms with Crippen LogP contribution in [0.25, 0.3) is 0 Å². The zero-order valence-electron chi connectivity index (χ0n) is 9.37. The Morgan fingerprint density at radius 1 is 1.50 bits per heavy atom. The van der Waals surface area contributed by atoms with E-state index in [-0.39, 0.29) is 0 Å². The van der Waals surface area contributed by atoms with Gasteiger partial charge in [-0.15, -0.1) is 0 Å². The Labute approximate surface area is 93.1 Å². The molecule has 0 aromatic carbocycles. The minimum absolute atomic E-state index is 0.597. The fraction of sp³-hybridized carbons (Fsp3) is 0.556. The first kappa shape index (κ1) is 10.7. The molecule has 0 atom stereocenters. The zero-order valence-corrected chi connectivity index (χ0v) is 9.37. The topological polar surface area (TPSA) is 72.9 Å². The SMILES string of the molecule is Cc1nc(CN(C)CCn2cncn2)no1. The average molecular weight is 222 g/mol. The molecule has 0 aliphatic heterocycles. The summed E-state index contributed by atoms with van der Waals surface area (Å²) in [6.07, 6.45) is 3.23. The summed E-state index contributed by atoms with van der Waals surface area (Å²) in [5.41, 5.74) is 0. The second-order valence-corrected chi connectivity index (χ2v) is 3.63. The van der Waals surface area contributed by atoms with Gasteiger partial charge in [-0.2, -0.15) is 10.1 Å². The van der Waals surface area contributed by atoms with Crippen LogP contribution in [0.2, 0.25) is 0 Å². The standard InChI is InChI=1S/C9H14N6O/c1-8-12-9(13-16-8)5-14(2)3-4-15-7-10-6-11-15/h6-7H,3-5H2,1-2H3. The summed E-state index contributed by atoms with van der Waals surface area (Å²) in [6, 6.07) is 0. The summed E-state index contributed by atoms with van der Waals surface area (Å²) in [4.78, 5) is 10.1. The largest absolute Gasteiger partial charge is 0.340 e. The molecule has 0 unspecified atom stereocenters. The van der Waals surface area contributed by atoms with Crippen LogP contribution in [0.15, 0.2) is 17.2 Å². The highest BCUT2D eigenvalue weighted by atomic mass is 16.5. The lowest BCUT2D eigenvalue weighted by atomic mass is 10.5. The van der Waals surface area contributed by atoms with Crippen molar-refractivity contribution in [3.8, 4) is 0 Å². The van der Waals surface area contributed by atoms with Gasteiger partial charge in [-0.1, -0.05) is 5.16 Å². The van der Waals surface area contributed by atoms with E-state index in [1.165, 1.54) is 6.33 Å². The molecule has 7 nitrogen and oxygen atoms in total. The third-order valence-corrected chi connectivity index (χ3v) is 2.16. The second-order valence-electron chi connectivity index (χ2n) is 3.63. The van der Waals surface area contributed by atoms with Crippen LogP contribution in [-0.4, -0.2) is 43.4 Å². The Kier molecular flexibility index (Phi) is 3.25. The Morgan fingerprint density at radius 2 is 2.38 bits per heavy atom. The molecule has 0 aliphatic rings. The highest BCUT2D eigenvalue weighted by Gasteiger charge is 2.06. The van der Waals surface area contributed by atoms with Gasteiger partial charge in [0.25, 0.3) is 0 Å². The maximum absolute atomic E-state index is 4.90. The summed E-state index contributed by atoms with van der Waals surface area (Å²) in [5, 5.41) is 7.87. The number of aryl methyl sites for hydroxylation is 1. The van der Waals surface area contributed by atoms with Crippen molar-refractivity contribution in [3.05, 3.63) is 24.4 Å². The highest BCUT2D eigenvalue weighted by molar-refractivity contribution is 4.83. The van der Waals surface area contributed by atoms with Crippen molar-refractivity contribution in [1.29, 1.82) is 0 Å². The normalized spacial score (nSPS) is 11.2. The lowest BCUT2D eigenvalue weighted by Gasteiger charge is -2.13. The molecule has 0 saturated carbocycles. The molecule has 0 fully saturated rings. The molecule has 2 rings (SSSR count). The van der Waals surface area contributed by atoms with Gasteiger partial charge < -0.3 is 4.52 Å². The van der Waals surface area contributed by atoms with Crippen molar-refractivity contribution in [1.82, 2.24) is 29.8 Å². The molecule has 0 aliphatic carbocycles. The highest BCUT2D eigenvalue weighted by Crippen LogP contribution is 1.99. The number of rotatable bonds is 5. The molecule has 0 N–H and O–H groups in total. The monoisotopic (exact) mass is 222 g/mol. The van der Waals surface area contributed by atoms with Gasteiger partial charge in [0.2, 0.25) is 5.89 Å². The fourth-order valence-electron chi connectivity index (χ4n) is 1.35. The molecule has 86 valence electrons. The predicted molar refractivity (Wildman–Crippen MR) is 55.4 cm³/mol. The molecule has 0 radical (unpaired) electrons. The maximum atomic E-state index is 4.90. The fourth-order valence-corrected chi connectivity index (χ4v) is 1.35. The van der Waals surface area contributed by atoms with Crippen molar-refractivity contribution in [2.24, 2.45) is 0 Å². The number of hydrogen-bond donors (Lipinski definition) is 0. The van der Waals surface area contributed by atoms with Crippen molar-refractivity contribution in [2.45, 2.75) is 20.0 Å². The van der Waals surface area contributed by atoms with Crippen LogP contribution < -0.4 is 0 Å². The van der Waals surface area contributed by atoms with Crippen LogP contribution in [0.5, 0.6) is 0 Å². The van der Waals surface area contributed by atoms with Crippen molar-refractivity contribution in [2.75, 3.05) is 13.6 Å². The van der Waals surface area contributed by atoms with Crippen molar-refractivity contribution in [3.63, 3.8) is 0 Å². The van der Waals surface area contributed by atoms with Gasteiger partial charge in [0.1, 0.15) is 12.7 Å². The van der Waals surface area contributed by atoms with E-state index in [4.69, 9.17) is 4.52 Å². The van der Waals surface area contributed by atoms with E-state index in [9.17, 15) is 0 Å². The second kappa shape index (κ2) is 4.84. The summed E-state index contributed by atoms with van der Waals surface area (Å²) < 4.78 is 6.69. The van der Waals surface area contributed by atoms with Gasteiger partial charge in [-0.05, 0) is 7.05 Å². The van der Waals surface area contributed by atoms with Crippen LogP contribution in [0.4, 0.5) is 0 Å². The van der Waals surface area contributed by atoms with Crippen molar-refractivity contribution < 1.29 is 4.52 Å². The van der Waals surface area contributed by atoms with E-state index >= 15 is 0 Å². The molecule has 0 bridgehead atoms. The third-order valence-electron chi connectivity index (χ3n) is 2.16. The molecular weight excluding hydrogens is 208 g/mol. The Morgan fingerprint density at radius 3 is 3.00 bits per heavy atom. The molecule has 2 aromatic rings. The minimum Gasteiger partial charge on any atom is -0.340 e. The minimum atomic E-state index is 0.597. The first-order valence-electron chi connectivity index (χ1n) is 5.04. The van der Waals surface area contributed by atoms with Crippen LogP contribution in [0, 0.1) is 6.92 Å². The maximum Gasteiger partial charge on any atom is 0.223 e. The number of hydrogen-bond acceptors (Lipinski definition) is 6. The van der Waals surface area contributed by atoms with Gasteiger partial charge in [0, 0.05) is 13.5 Å². The third kappa shape index (κ3) is 2.86.